The van der Waals surface area contributed by atoms with Gasteiger partial charge in [0.2, 0.25) is 0 Å². The van der Waals surface area contributed by atoms with Crippen molar-refractivity contribution in [1.29, 1.82) is 0 Å². The van der Waals surface area contributed by atoms with Crippen LogP contribution in [0.4, 0.5) is 10.2 Å². The lowest BCUT2D eigenvalue weighted by atomic mass is 10.1. The molecule has 0 atom stereocenters. The average Bonchev–Trinajstić information content (AvgIpc) is 2.42. The number of methoxy groups -OCH3 is 1. The summed E-state index contributed by atoms with van der Waals surface area (Å²) in [4.78, 5) is 8.29. The topological polar surface area (TPSA) is 47.0 Å². The summed E-state index contributed by atoms with van der Waals surface area (Å²) in [5.74, 6) is 0.632. The molecule has 0 aliphatic rings. The number of nitrogens with zero attached hydrogens (tertiary/aromatic N) is 2. The Labute approximate surface area is 115 Å². The van der Waals surface area contributed by atoms with E-state index in [1.807, 2.05) is 6.92 Å². The summed E-state index contributed by atoms with van der Waals surface area (Å²) in [6.45, 7) is 2.66. The lowest BCUT2D eigenvalue weighted by molar-refractivity contribution is 0.414. The summed E-state index contributed by atoms with van der Waals surface area (Å²) in [5, 5.41) is 3.12. The van der Waals surface area contributed by atoms with Crippen molar-refractivity contribution in [3.63, 3.8) is 0 Å². The third-order valence-electron chi connectivity index (χ3n) is 2.55. The Morgan fingerprint density at radius 1 is 1.37 bits per heavy atom. The summed E-state index contributed by atoms with van der Waals surface area (Å²) in [6, 6.07) is 4.41. The fraction of sp³-hybridized carbons (Fsp3) is 0.231. The standard InChI is InChI=1S/C13H13ClFN3O/c1-3-16-13-12(19-2)11(17-7-18-13)8-4-5-10(15)9(14)6-8/h4-7H,3H2,1-2H3,(H,16,17,18). The first-order valence-electron chi connectivity index (χ1n) is 5.75. The first kappa shape index (κ1) is 13.5. The highest BCUT2D eigenvalue weighted by Gasteiger charge is 2.14. The van der Waals surface area contributed by atoms with E-state index in [1.165, 1.54) is 25.6 Å². The molecule has 19 heavy (non-hydrogen) atoms. The lowest BCUT2D eigenvalue weighted by Gasteiger charge is -2.12. The molecule has 2 rings (SSSR count). The number of rotatable bonds is 4. The van der Waals surface area contributed by atoms with Gasteiger partial charge >= 0.3 is 0 Å². The van der Waals surface area contributed by atoms with E-state index in [1.54, 1.807) is 6.07 Å². The molecule has 0 aliphatic heterocycles. The summed E-state index contributed by atoms with van der Waals surface area (Å²) in [6.07, 6.45) is 1.42. The van der Waals surface area contributed by atoms with Gasteiger partial charge in [-0.25, -0.2) is 14.4 Å². The second-order valence-electron chi connectivity index (χ2n) is 3.76. The molecule has 1 heterocycles. The molecule has 0 saturated heterocycles. The zero-order valence-corrected chi connectivity index (χ0v) is 11.3. The van der Waals surface area contributed by atoms with E-state index in [0.29, 0.717) is 29.4 Å². The lowest BCUT2D eigenvalue weighted by Crippen LogP contribution is -2.04. The predicted octanol–water partition coefficient (Wildman–Crippen LogP) is 3.38. The van der Waals surface area contributed by atoms with Crippen molar-refractivity contribution in [3.8, 4) is 17.0 Å². The molecule has 1 aromatic carbocycles. The molecule has 0 fully saturated rings. The fourth-order valence-corrected chi connectivity index (χ4v) is 1.89. The van der Waals surface area contributed by atoms with Gasteiger partial charge in [0.1, 0.15) is 17.8 Å². The summed E-state index contributed by atoms with van der Waals surface area (Å²) >= 11 is 5.79. The van der Waals surface area contributed by atoms with E-state index in [9.17, 15) is 4.39 Å². The van der Waals surface area contributed by atoms with Gasteiger partial charge < -0.3 is 10.1 Å². The second-order valence-corrected chi connectivity index (χ2v) is 4.17. The molecular formula is C13H13ClFN3O. The second kappa shape index (κ2) is 5.84. The molecule has 0 bridgehead atoms. The predicted molar refractivity (Wildman–Crippen MR) is 73.2 cm³/mol. The summed E-state index contributed by atoms with van der Waals surface area (Å²) in [5.41, 5.74) is 1.24. The Morgan fingerprint density at radius 2 is 2.16 bits per heavy atom. The zero-order valence-electron chi connectivity index (χ0n) is 10.6. The van der Waals surface area contributed by atoms with E-state index >= 15 is 0 Å². The van der Waals surface area contributed by atoms with Crippen LogP contribution in [0.2, 0.25) is 5.02 Å². The molecule has 0 saturated carbocycles. The maximum absolute atomic E-state index is 13.2. The Bertz CT molecular complexity index is 592. The van der Waals surface area contributed by atoms with Gasteiger partial charge in [-0.15, -0.1) is 0 Å². The maximum Gasteiger partial charge on any atom is 0.187 e. The monoisotopic (exact) mass is 281 g/mol. The minimum absolute atomic E-state index is 0.0446. The number of halogens is 2. The molecule has 4 nitrogen and oxygen atoms in total. The van der Waals surface area contributed by atoms with Gasteiger partial charge in [0.15, 0.2) is 11.6 Å². The molecule has 100 valence electrons. The van der Waals surface area contributed by atoms with Crippen LogP contribution in [0, 0.1) is 5.82 Å². The first-order valence-corrected chi connectivity index (χ1v) is 6.13. The van der Waals surface area contributed by atoms with Gasteiger partial charge in [0.25, 0.3) is 0 Å². The summed E-state index contributed by atoms with van der Waals surface area (Å²) < 4.78 is 18.5. The van der Waals surface area contributed by atoms with Crippen molar-refractivity contribution in [2.45, 2.75) is 6.92 Å². The van der Waals surface area contributed by atoms with Crippen LogP contribution >= 0.6 is 11.6 Å². The van der Waals surface area contributed by atoms with Crippen molar-refractivity contribution in [2.75, 3.05) is 19.0 Å². The molecule has 2 aromatic rings. The number of anilines is 1. The first-order chi connectivity index (χ1) is 9.17. The van der Waals surface area contributed by atoms with Crippen molar-refractivity contribution < 1.29 is 9.13 Å². The largest absolute Gasteiger partial charge is 0.491 e. The molecule has 0 unspecified atom stereocenters. The van der Waals surface area contributed by atoms with Crippen LogP contribution < -0.4 is 10.1 Å². The van der Waals surface area contributed by atoms with Crippen molar-refractivity contribution in [3.05, 3.63) is 35.4 Å². The Morgan fingerprint density at radius 3 is 2.79 bits per heavy atom. The van der Waals surface area contributed by atoms with Gasteiger partial charge in [0, 0.05) is 12.1 Å². The number of nitrogens with one attached hydrogen (secondary N) is 1. The highest BCUT2D eigenvalue weighted by Crippen LogP contribution is 2.34. The van der Waals surface area contributed by atoms with Crippen LogP contribution in [0.3, 0.4) is 0 Å². The normalized spacial score (nSPS) is 10.3. The molecule has 1 N–H and O–H groups in total. The molecular weight excluding hydrogens is 269 g/mol. The third-order valence-corrected chi connectivity index (χ3v) is 2.83. The van der Waals surface area contributed by atoms with Crippen LogP contribution in [0.25, 0.3) is 11.3 Å². The summed E-state index contributed by atoms with van der Waals surface area (Å²) in [7, 11) is 1.54. The minimum Gasteiger partial charge on any atom is -0.491 e. The smallest absolute Gasteiger partial charge is 0.187 e. The molecule has 0 radical (unpaired) electrons. The number of hydrogen-bond donors (Lipinski definition) is 1. The van der Waals surface area contributed by atoms with Crippen molar-refractivity contribution in [2.24, 2.45) is 0 Å². The Kier molecular flexibility index (Phi) is 4.16. The molecule has 0 aliphatic carbocycles. The number of aromatic nitrogens is 2. The van der Waals surface area contributed by atoms with Gasteiger partial charge in [0.05, 0.1) is 12.1 Å². The Balaban J connectivity index is 2.54. The number of hydrogen-bond acceptors (Lipinski definition) is 4. The number of benzene rings is 1. The SMILES string of the molecule is CCNc1ncnc(-c2ccc(F)c(Cl)c2)c1OC. The highest BCUT2D eigenvalue weighted by molar-refractivity contribution is 6.31. The van der Waals surface area contributed by atoms with Gasteiger partial charge in [-0.3, -0.25) is 0 Å². The van der Waals surface area contributed by atoms with E-state index in [4.69, 9.17) is 16.3 Å². The number of ether oxygens (including phenoxy) is 1. The van der Waals surface area contributed by atoms with Crippen LogP contribution in [0.15, 0.2) is 24.5 Å². The average molecular weight is 282 g/mol. The minimum atomic E-state index is -0.467. The molecule has 0 spiro atoms. The quantitative estimate of drug-likeness (QED) is 0.933. The molecule has 1 aromatic heterocycles. The van der Waals surface area contributed by atoms with E-state index in [-0.39, 0.29) is 5.02 Å². The van der Waals surface area contributed by atoms with Gasteiger partial charge in [-0.1, -0.05) is 11.6 Å². The fourth-order valence-electron chi connectivity index (χ4n) is 1.71. The van der Waals surface area contributed by atoms with Gasteiger partial charge in [-0.2, -0.15) is 0 Å². The Hall–Kier alpha value is -1.88. The van der Waals surface area contributed by atoms with Crippen molar-refractivity contribution in [1.82, 2.24) is 9.97 Å². The van der Waals surface area contributed by atoms with Gasteiger partial charge in [-0.05, 0) is 25.1 Å². The van der Waals surface area contributed by atoms with Crippen LogP contribution in [0.1, 0.15) is 6.92 Å². The van der Waals surface area contributed by atoms with E-state index < -0.39 is 5.82 Å². The van der Waals surface area contributed by atoms with Crippen LogP contribution in [0.5, 0.6) is 5.75 Å². The van der Waals surface area contributed by atoms with Crippen LogP contribution in [-0.2, 0) is 0 Å². The van der Waals surface area contributed by atoms with Crippen LogP contribution in [-0.4, -0.2) is 23.6 Å². The molecule has 6 heteroatoms. The highest BCUT2D eigenvalue weighted by atomic mass is 35.5. The molecule has 0 amide bonds. The van der Waals surface area contributed by atoms with E-state index in [0.717, 1.165) is 0 Å². The van der Waals surface area contributed by atoms with E-state index in [2.05, 4.69) is 15.3 Å². The third kappa shape index (κ3) is 2.76. The zero-order chi connectivity index (χ0) is 13.8. The maximum atomic E-state index is 13.2. The van der Waals surface area contributed by atoms with Crippen molar-refractivity contribution >= 4 is 17.4 Å².